The third-order valence-corrected chi connectivity index (χ3v) is 7.38. The van der Waals surface area contributed by atoms with Crippen molar-refractivity contribution in [3.63, 3.8) is 0 Å². The van der Waals surface area contributed by atoms with Crippen LogP contribution in [0.2, 0.25) is 0 Å². The van der Waals surface area contributed by atoms with Gasteiger partial charge in [0.2, 0.25) is 5.78 Å². The van der Waals surface area contributed by atoms with E-state index in [9.17, 15) is 9.59 Å². The highest BCUT2D eigenvalue weighted by molar-refractivity contribution is 6.06. The van der Waals surface area contributed by atoms with Crippen molar-refractivity contribution in [2.24, 2.45) is 5.92 Å². The largest absolute Gasteiger partial charge is 0.317 e. The average molecular weight is 528 g/mol. The van der Waals surface area contributed by atoms with Gasteiger partial charge in [-0.1, -0.05) is 86.1 Å². The molecular formula is C33H29N5O2. The maximum absolute atomic E-state index is 14.1. The fraction of sp³-hybridized carbons (Fsp3) is 0.182. The van der Waals surface area contributed by atoms with Crippen molar-refractivity contribution < 1.29 is 4.79 Å². The van der Waals surface area contributed by atoms with Crippen molar-refractivity contribution in [2.75, 3.05) is 0 Å². The minimum atomic E-state index is -0.431. The van der Waals surface area contributed by atoms with Crippen LogP contribution in [0.1, 0.15) is 53.0 Å². The molecule has 198 valence electrons. The van der Waals surface area contributed by atoms with Crippen molar-refractivity contribution in [2.45, 2.75) is 33.4 Å². The van der Waals surface area contributed by atoms with Gasteiger partial charge < -0.3 is 4.57 Å². The number of imidazole rings is 1. The molecule has 0 aliphatic carbocycles. The summed E-state index contributed by atoms with van der Waals surface area (Å²) in [5.74, 6) is 0.670. The molecule has 0 spiro atoms. The van der Waals surface area contributed by atoms with Crippen molar-refractivity contribution in [1.29, 1.82) is 0 Å². The Hall–Kier alpha value is -4.91. The molecule has 7 nitrogen and oxygen atoms in total. The maximum Gasteiger partial charge on any atom is 0.261 e. The predicted molar refractivity (Wildman–Crippen MR) is 157 cm³/mol. The van der Waals surface area contributed by atoms with Crippen LogP contribution in [0.15, 0.2) is 102 Å². The quantitative estimate of drug-likeness (QED) is 0.239. The first-order valence-electron chi connectivity index (χ1n) is 13.4. The van der Waals surface area contributed by atoms with Gasteiger partial charge in [-0.05, 0) is 35.2 Å². The number of rotatable bonds is 7. The lowest BCUT2D eigenvalue weighted by Crippen LogP contribution is -2.32. The summed E-state index contributed by atoms with van der Waals surface area (Å²) in [6.07, 6.45) is 6.66. The van der Waals surface area contributed by atoms with Gasteiger partial charge >= 0.3 is 0 Å². The molecule has 0 saturated carbocycles. The van der Waals surface area contributed by atoms with E-state index in [4.69, 9.17) is 4.98 Å². The Labute approximate surface area is 231 Å². The molecule has 0 fully saturated rings. The highest BCUT2D eigenvalue weighted by Gasteiger charge is 2.29. The van der Waals surface area contributed by atoms with Crippen LogP contribution in [-0.2, 0) is 6.54 Å². The second-order valence-corrected chi connectivity index (χ2v) is 10.4. The molecule has 0 radical (unpaired) electrons. The molecule has 6 rings (SSSR count). The second-order valence-electron chi connectivity index (χ2n) is 10.4. The highest BCUT2D eigenvalue weighted by atomic mass is 16.1. The predicted octanol–water partition coefficient (Wildman–Crippen LogP) is 5.97. The number of carbonyl (C=O) groups excluding carboxylic acids is 1. The Morgan fingerprint density at radius 1 is 0.900 bits per heavy atom. The van der Waals surface area contributed by atoms with Crippen LogP contribution >= 0.6 is 0 Å². The van der Waals surface area contributed by atoms with Gasteiger partial charge in [-0.2, -0.15) is 0 Å². The summed E-state index contributed by atoms with van der Waals surface area (Å²) >= 11 is 0. The van der Waals surface area contributed by atoms with E-state index in [1.807, 2.05) is 60.0 Å². The lowest BCUT2D eigenvalue weighted by Gasteiger charge is -2.27. The summed E-state index contributed by atoms with van der Waals surface area (Å²) in [5.41, 5.74) is 3.03. The fourth-order valence-corrected chi connectivity index (χ4v) is 5.36. The SMILES string of the molecule is Cc1ccc(C(=O)c2nccn2C(c2nc3cnccc3c(=O)n2Cc2cccc3ccccc23)C(C)C)cc1. The number of hydrogen-bond acceptors (Lipinski definition) is 5. The Bertz CT molecular complexity index is 1910. The molecule has 0 aliphatic heterocycles. The number of benzene rings is 3. The molecule has 1 unspecified atom stereocenters. The molecule has 0 amide bonds. The van der Waals surface area contributed by atoms with Crippen LogP contribution < -0.4 is 5.56 Å². The minimum absolute atomic E-state index is 0.0152. The van der Waals surface area contributed by atoms with E-state index in [0.717, 1.165) is 21.9 Å². The molecule has 1 atom stereocenters. The van der Waals surface area contributed by atoms with Gasteiger partial charge in [-0.3, -0.25) is 19.1 Å². The number of fused-ring (bicyclic) bond motifs is 2. The van der Waals surface area contributed by atoms with Crippen molar-refractivity contribution in [3.8, 4) is 0 Å². The van der Waals surface area contributed by atoms with E-state index in [-0.39, 0.29) is 17.3 Å². The summed E-state index contributed by atoms with van der Waals surface area (Å²) < 4.78 is 3.60. The first-order chi connectivity index (χ1) is 19.4. The minimum Gasteiger partial charge on any atom is -0.317 e. The lowest BCUT2D eigenvalue weighted by molar-refractivity contribution is 0.102. The molecule has 0 N–H and O–H groups in total. The molecular weight excluding hydrogens is 498 g/mol. The Kier molecular flexibility index (Phi) is 6.56. The second kappa shape index (κ2) is 10.3. The highest BCUT2D eigenvalue weighted by Crippen LogP contribution is 2.29. The first-order valence-corrected chi connectivity index (χ1v) is 13.4. The summed E-state index contributed by atoms with van der Waals surface area (Å²) in [6, 6.07) is 23.0. The molecule has 0 bridgehead atoms. The lowest BCUT2D eigenvalue weighted by atomic mass is 10.0. The molecule has 3 heterocycles. The third kappa shape index (κ3) is 4.49. The maximum atomic E-state index is 14.1. The number of pyridine rings is 1. The van der Waals surface area contributed by atoms with Crippen LogP contribution in [0.25, 0.3) is 21.7 Å². The van der Waals surface area contributed by atoms with E-state index in [1.54, 1.807) is 35.4 Å². The van der Waals surface area contributed by atoms with Crippen LogP contribution in [0, 0.1) is 12.8 Å². The summed E-state index contributed by atoms with van der Waals surface area (Å²) in [4.78, 5) is 41.4. The summed E-state index contributed by atoms with van der Waals surface area (Å²) in [7, 11) is 0. The monoisotopic (exact) mass is 527 g/mol. The average Bonchev–Trinajstić information content (AvgIpc) is 3.44. The number of carbonyl (C=O) groups is 1. The normalized spacial score (nSPS) is 12.3. The van der Waals surface area contributed by atoms with Crippen molar-refractivity contribution in [1.82, 2.24) is 24.1 Å². The standard InChI is InChI=1S/C33H29N5O2/c1-21(2)29(37-18-17-35-32(37)30(39)24-13-11-22(3)12-14-24)31-36-28-19-34-16-15-27(28)33(40)38(31)20-25-9-6-8-23-7-4-5-10-26(23)25/h4-19,21,29H,20H2,1-3H3. The number of aromatic nitrogens is 5. The topological polar surface area (TPSA) is 82.7 Å². The fourth-order valence-electron chi connectivity index (χ4n) is 5.36. The Morgan fingerprint density at radius 2 is 1.68 bits per heavy atom. The number of aryl methyl sites for hydroxylation is 1. The number of nitrogens with zero attached hydrogens (tertiary/aromatic N) is 5. The molecule has 6 aromatic rings. The van der Waals surface area contributed by atoms with Crippen LogP contribution in [-0.4, -0.2) is 29.9 Å². The van der Waals surface area contributed by atoms with Gasteiger partial charge in [0, 0.05) is 24.2 Å². The van der Waals surface area contributed by atoms with Crippen molar-refractivity contribution >= 4 is 27.5 Å². The molecule has 7 heteroatoms. The van der Waals surface area contributed by atoms with Gasteiger partial charge in [0.1, 0.15) is 5.82 Å². The molecule has 3 aromatic heterocycles. The summed E-state index contributed by atoms with van der Waals surface area (Å²) in [5, 5.41) is 2.69. The zero-order chi connectivity index (χ0) is 27.8. The van der Waals surface area contributed by atoms with Gasteiger partial charge in [0.25, 0.3) is 5.56 Å². The van der Waals surface area contributed by atoms with E-state index in [0.29, 0.717) is 34.7 Å². The Morgan fingerprint density at radius 3 is 2.48 bits per heavy atom. The smallest absolute Gasteiger partial charge is 0.261 e. The Balaban J connectivity index is 1.55. The van der Waals surface area contributed by atoms with Crippen molar-refractivity contribution in [3.05, 3.63) is 136 Å². The zero-order valence-corrected chi connectivity index (χ0v) is 22.7. The van der Waals surface area contributed by atoms with E-state index in [1.165, 1.54) is 0 Å². The summed E-state index contributed by atoms with van der Waals surface area (Å²) in [6.45, 7) is 6.44. The van der Waals surface area contributed by atoms with E-state index >= 15 is 0 Å². The van der Waals surface area contributed by atoms with Gasteiger partial charge in [0.15, 0.2) is 5.82 Å². The molecule has 0 saturated heterocycles. The van der Waals surface area contributed by atoms with Crippen LogP contribution in [0.5, 0.6) is 0 Å². The van der Waals surface area contributed by atoms with Gasteiger partial charge in [0.05, 0.1) is 29.7 Å². The molecule has 40 heavy (non-hydrogen) atoms. The van der Waals surface area contributed by atoms with E-state index in [2.05, 4.69) is 42.0 Å². The number of hydrogen-bond donors (Lipinski definition) is 0. The van der Waals surface area contributed by atoms with E-state index < -0.39 is 6.04 Å². The molecule has 3 aromatic carbocycles. The van der Waals surface area contributed by atoms with Gasteiger partial charge in [-0.25, -0.2) is 9.97 Å². The third-order valence-electron chi connectivity index (χ3n) is 7.38. The van der Waals surface area contributed by atoms with Crippen LogP contribution in [0.3, 0.4) is 0 Å². The molecule has 0 aliphatic rings. The zero-order valence-electron chi connectivity index (χ0n) is 22.7. The van der Waals surface area contributed by atoms with Crippen LogP contribution in [0.4, 0.5) is 0 Å². The number of ketones is 1. The van der Waals surface area contributed by atoms with Gasteiger partial charge in [-0.15, -0.1) is 0 Å². The first kappa shape index (κ1) is 25.4.